The van der Waals surface area contributed by atoms with E-state index in [9.17, 15) is 9.59 Å². The van der Waals surface area contributed by atoms with E-state index in [-0.39, 0.29) is 5.56 Å². The van der Waals surface area contributed by atoms with E-state index in [1.54, 1.807) is 24.3 Å². The second kappa shape index (κ2) is 6.13. The van der Waals surface area contributed by atoms with E-state index >= 15 is 0 Å². The quantitative estimate of drug-likeness (QED) is 0.341. The number of hydrogen-bond donors (Lipinski definition) is 2. The number of anilines is 1. The van der Waals surface area contributed by atoms with E-state index in [1.807, 2.05) is 48.5 Å². The molecule has 5 nitrogen and oxygen atoms in total. The average Bonchev–Trinajstić information content (AvgIpc) is 2.66. The molecule has 1 heterocycles. The highest BCUT2D eigenvalue weighted by molar-refractivity contribution is 6.08. The lowest BCUT2D eigenvalue weighted by atomic mass is 10.0. The maximum atomic E-state index is 12.4. The SMILES string of the molecule is O=C(NNc1ccccc1)c1cc2c(ccc3ccccc32)oc1=O. The Morgan fingerprint density at radius 1 is 0.840 bits per heavy atom. The van der Waals surface area contributed by atoms with Gasteiger partial charge in [-0.1, -0.05) is 48.5 Å². The van der Waals surface area contributed by atoms with Crippen LogP contribution in [0.2, 0.25) is 0 Å². The topological polar surface area (TPSA) is 71.3 Å². The Morgan fingerprint density at radius 3 is 2.44 bits per heavy atom. The summed E-state index contributed by atoms with van der Waals surface area (Å²) in [4.78, 5) is 24.6. The molecular formula is C20H14N2O3. The smallest absolute Gasteiger partial charge is 0.349 e. The maximum Gasteiger partial charge on any atom is 0.349 e. The van der Waals surface area contributed by atoms with Gasteiger partial charge in [-0.2, -0.15) is 0 Å². The zero-order valence-electron chi connectivity index (χ0n) is 13.2. The number of nitrogens with one attached hydrogen (secondary N) is 2. The van der Waals surface area contributed by atoms with Crippen LogP contribution in [0.1, 0.15) is 10.4 Å². The number of hydrazine groups is 1. The average molecular weight is 330 g/mol. The molecule has 2 N–H and O–H groups in total. The van der Waals surface area contributed by atoms with E-state index < -0.39 is 11.5 Å². The van der Waals surface area contributed by atoms with Crippen molar-refractivity contribution in [1.29, 1.82) is 0 Å². The Morgan fingerprint density at radius 2 is 1.60 bits per heavy atom. The molecule has 1 amide bonds. The first-order chi connectivity index (χ1) is 12.2. The first-order valence-electron chi connectivity index (χ1n) is 7.79. The summed E-state index contributed by atoms with van der Waals surface area (Å²) < 4.78 is 5.33. The summed E-state index contributed by atoms with van der Waals surface area (Å²) >= 11 is 0. The van der Waals surface area contributed by atoms with Crippen LogP contribution in [-0.4, -0.2) is 5.91 Å². The molecule has 0 unspecified atom stereocenters. The molecule has 25 heavy (non-hydrogen) atoms. The summed E-state index contributed by atoms with van der Waals surface area (Å²) in [5, 5.41) is 2.66. The number of benzene rings is 3. The molecule has 4 rings (SSSR count). The zero-order chi connectivity index (χ0) is 17.2. The van der Waals surface area contributed by atoms with Crippen LogP contribution in [0.25, 0.3) is 21.7 Å². The van der Waals surface area contributed by atoms with Crippen molar-refractivity contribution in [3.8, 4) is 0 Å². The molecule has 0 atom stereocenters. The zero-order valence-corrected chi connectivity index (χ0v) is 13.2. The number of amides is 1. The maximum absolute atomic E-state index is 12.4. The van der Waals surface area contributed by atoms with E-state index in [4.69, 9.17) is 4.42 Å². The Balaban J connectivity index is 1.73. The Labute approximate surface area is 142 Å². The molecule has 4 aromatic rings. The lowest BCUT2D eigenvalue weighted by Gasteiger charge is -2.08. The summed E-state index contributed by atoms with van der Waals surface area (Å²) in [5.74, 6) is -0.549. The van der Waals surface area contributed by atoms with Gasteiger partial charge in [-0.15, -0.1) is 0 Å². The lowest BCUT2D eigenvalue weighted by Crippen LogP contribution is -2.32. The summed E-state index contributed by atoms with van der Waals surface area (Å²) in [6.45, 7) is 0. The third kappa shape index (κ3) is 2.83. The Kier molecular flexibility index (Phi) is 3.67. The van der Waals surface area contributed by atoms with Crippen molar-refractivity contribution in [2.24, 2.45) is 0 Å². The van der Waals surface area contributed by atoms with Gasteiger partial charge in [0.05, 0.1) is 5.69 Å². The van der Waals surface area contributed by atoms with Crippen LogP contribution in [-0.2, 0) is 0 Å². The summed E-state index contributed by atoms with van der Waals surface area (Å²) in [5.41, 5.74) is 5.74. The van der Waals surface area contributed by atoms with Crippen molar-refractivity contribution in [1.82, 2.24) is 5.43 Å². The third-order valence-electron chi connectivity index (χ3n) is 3.98. The molecule has 122 valence electrons. The van der Waals surface area contributed by atoms with Crippen LogP contribution in [0.4, 0.5) is 5.69 Å². The van der Waals surface area contributed by atoms with Crippen LogP contribution in [0.5, 0.6) is 0 Å². The van der Waals surface area contributed by atoms with Gasteiger partial charge >= 0.3 is 5.63 Å². The largest absolute Gasteiger partial charge is 0.422 e. The van der Waals surface area contributed by atoms with E-state index in [0.29, 0.717) is 11.3 Å². The van der Waals surface area contributed by atoms with E-state index in [0.717, 1.165) is 16.2 Å². The predicted octanol–water partition coefficient (Wildman–Crippen LogP) is 3.70. The molecule has 0 saturated carbocycles. The molecule has 0 aliphatic carbocycles. The van der Waals surface area contributed by atoms with Crippen molar-refractivity contribution in [2.75, 3.05) is 5.43 Å². The standard InChI is InChI=1S/C20H14N2O3/c23-19(22-21-14-7-2-1-3-8-14)17-12-16-15-9-5-4-6-13(15)10-11-18(16)25-20(17)24/h1-12,21H,(H,22,23). The fraction of sp³-hybridized carbons (Fsp3) is 0. The number of rotatable bonds is 3. The number of carbonyl (C=O) groups is 1. The van der Waals surface area contributed by atoms with E-state index in [2.05, 4.69) is 10.9 Å². The van der Waals surface area contributed by atoms with Crippen LogP contribution in [0.15, 0.2) is 82.0 Å². The third-order valence-corrected chi connectivity index (χ3v) is 3.98. The van der Waals surface area contributed by atoms with Gasteiger partial charge < -0.3 is 4.42 Å². The number of hydrogen-bond acceptors (Lipinski definition) is 4. The molecule has 0 aliphatic heterocycles. The van der Waals surface area contributed by atoms with Crippen LogP contribution >= 0.6 is 0 Å². The van der Waals surface area contributed by atoms with Crippen LogP contribution in [0.3, 0.4) is 0 Å². The number of carbonyl (C=O) groups excluding carboxylic acids is 1. The first-order valence-corrected chi connectivity index (χ1v) is 7.79. The van der Waals surface area contributed by atoms with Gasteiger partial charge in [0, 0.05) is 5.39 Å². The fourth-order valence-corrected chi connectivity index (χ4v) is 2.75. The highest BCUT2D eigenvalue weighted by Gasteiger charge is 2.14. The summed E-state index contributed by atoms with van der Waals surface area (Å²) in [6.07, 6.45) is 0. The number of fused-ring (bicyclic) bond motifs is 3. The molecule has 0 saturated heterocycles. The van der Waals surface area contributed by atoms with Crippen LogP contribution in [0, 0.1) is 0 Å². The monoisotopic (exact) mass is 330 g/mol. The second-order valence-electron chi connectivity index (χ2n) is 5.59. The predicted molar refractivity (Wildman–Crippen MR) is 97.5 cm³/mol. The highest BCUT2D eigenvalue weighted by Crippen LogP contribution is 2.24. The highest BCUT2D eigenvalue weighted by atomic mass is 16.4. The van der Waals surface area contributed by atoms with Crippen molar-refractivity contribution >= 4 is 33.3 Å². The van der Waals surface area contributed by atoms with E-state index in [1.165, 1.54) is 0 Å². The Bertz CT molecular complexity index is 1130. The van der Waals surface area contributed by atoms with Crippen molar-refractivity contribution < 1.29 is 9.21 Å². The Hall–Kier alpha value is -3.60. The lowest BCUT2D eigenvalue weighted by molar-refractivity contribution is 0.0959. The first kappa shape index (κ1) is 15.0. The summed E-state index contributed by atoms with van der Waals surface area (Å²) in [6, 6.07) is 22.1. The van der Waals surface area contributed by atoms with Gasteiger partial charge in [-0.25, -0.2) is 4.79 Å². The van der Waals surface area contributed by atoms with Gasteiger partial charge in [0.2, 0.25) is 0 Å². The molecule has 5 heteroatoms. The van der Waals surface area contributed by atoms with Crippen molar-refractivity contribution in [3.05, 3.63) is 88.8 Å². The second-order valence-corrected chi connectivity index (χ2v) is 5.59. The van der Waals surface area contributed by atoms with Gasteiger partial charge in [0.1, 0.15) is 11.1 Å². The minimum Gasteiger partial charge on any atom is -0.422 e. The molecular weight excluding hydrogens is 316 g/mol. The van der Waals surface area contributed by atoms with Crippen LogP contribution < -0.4 is 16.5 Å². The minimum absolute atomic E-state index is 0.0488. The fourth-order valence-electron chi connectivity index (χ4n) is 2.75. The van der Waals surface area contributed by atoms with Gasteiger partial charge in [0.15, 0.2) is 0 Å². The number of para-hydroxylation sites is 1. The van der Waals surface area contributed by atoms with Gasteiger partial charge in [-0.3, -0.25) is 15.6 Å². The molecule has 3 aromatic carbocycles. The normalized spacial score (nSPS) is 10.7. The van der Waals surface area contributed by atoms with Crippen molar-refractivity contribution in [3.63, 3.8) is 0 Å². The molecule has 0 aliphatic rings. The molecule has 0 radical (unpaired) electrons. The van der Waals surface area contributed by atoms with Crippen molar-refractivity contribution in [2.45, 2.75) is 0 Å². The summed E-state index contributed by atoms with van der Waals surface area (Å²) in [7, 11) is 0. The van der Waals surface area contributed by atoms with Gasteiger partial charge in [-0.05, 0) is 35.0 Å². The molecule has 0 fully saturated rings. The molecule has 0 bridgehead atoms. The molecule has 1 aromatic heterocycles. The minimum atomic E-state index is -0.671. The molecule has 0 spiro atoms. The van der Waals surface area contributed by atoms with Gasteiger partial charge in [0.25, 0.3) is 5.91 Å².